The second kappa shape index (κ2) is 9.96. The van der Waals surface area contributed by atoms with E-state index in [-0.39, 0.29) is 0 Å². The van der Waals surface area contributed by atoms with Gasteiger partial charge in [-0.3, -0.25) is 0 Å². The number of rotatable bonds is 8. The topological polar surface area (TPSA) is 9.23 Å². The van der Waals surface area contributed by atoms with Crippen LogP contribution in [0.25, 0.3) is 0 Å². The van der Waals surface area contributed by atoms with Crippen LogP contribution in [0.1, 0.15) is 52.4 Å². The van der Waals surface area contributed by atoms with Gasteiger partial charge in [-0.25, -0.2) is 0 Å². The Hall–Kier alpha value is -0.0400. The van der Waals surface area contributed by atoms with Crippen LogP contribution in [0.3, 0.4) is 0 Å². The molecular weight excluding hydrogens is 136 g/mol. The quantitative estimate of drug-likeness (QED) is 0.490. The van der Waals surface area contributed by atoms with E-state index < -0.39 is 0 Å². The second-order valence-corrected chi connectivity index (χ2v) is 2.82. The lowest BCUT2D eigenvalue weighted by Crippen LogP contribution is -1.86. The average molecular weight is 157 g/mol. The molecule has 1 nitrogen and oxygen atoms in total. The highest BCUT2D eigenvalue weighted by atomic mass is 16.5. The smallest absolute Gasteiger partial charge is 0.0836 e. The predicted octanol–water partition coefficient (Wildman–Crippen LogP) is 3.55. The molecule has 0 aromatic heterocycles. The Bertz CT molecular complexity index is 53.9. The normalized spacial score (nSPS) is 10.4. The molecule has 0 aliphatic heterocycles. The molecule has 0 unspecified atom stereocenters. The standard InChI is InChI=1S/C10H21O/c1-3-5-6-7-8-9-10-11-4-2/h10H,3-9H2,1-2H3. The number of hydrogen-bond donors (Lipinski definition) is 0. The van der Waals surface area contributed by atoms with E-state index in [0.29, 0.717) is 0 Å². The van der Waals surface area contributed by atoms with Gasteiger partial charge in [-0.1, -0.05) is 39.0 Å². The summed E-state index contributed by atoms with van der Waals surface area (Å²) < 4.78 is 5.12. The Morgan fingerprint density at radius 2 is 1.73 bits per heavy atom. The zero-order chi connectivity index (χ0) is 8.36. The van der Waals surface area contributed by atoms with Gasteiger partial charge in [0.25, 0.3) is 0 Å². The zero-order valence-corrected chi connectivity index (χ0v) is 7.94. The molecule has 0 fully saturated rings. The number of unbranched alkanes of at least 4 members (excludes halogenated alkanes) is 5. The summed E-state index contributed by atoms with van der Waals surface area (Å²) in [5.41, 5.74) is 0. The molecule has 0 saturated heterocycles. The van der Waals surface area contributed by atoms with Crippen LogP contribution in [0, 0.1) is 6.61 Å². The van der Waals surface area contributed by atoms with E-state index in [2.05, 4.69) is 6.92 Å². The highest BCUT2D eigenvalue weighted by molar-refractivity contribution is 4.51. The minimum Gasteiger partial charge on any atom is -0.376 e. The van der Waals surface area contributed by atoms with E-state index in [1.54, 1.807) is 0 Å². The van der Waals surface area contributed by atoms with E-state index in [9.17, 15) is 0 Å². The van der Waals surface area contributed by atoms with E-state index in [0.717, 1.165) is 13.0 Å². The lowest BCUT2D eigenvalue weighted by molar-refractivity contribution is 0.205. The van der Waals surface area contributed by atoms with Gasteiger partial charge < -0.3 is 4.74 Å². The summed E-state index contributed by atoms with van der Waals surface area (Å²) in [5, 5.41) is 0. The molecule has 0 aliphatic rings. The number of ether oxygens (including phenoxy) is 1. The fourth-order valence-corrected chi connectivity index (χ4v) is 1.03. The van der Waals surface area contributed by atoms with Gasteiger partial charge in [-0.05, 0) is 13.3 Å². The summed E-state index contributed by atoms with van der Waals surface area (Å²) in [4.78, 5) is 0. The largest absolute Gasteiger partial charge is 0.376 e. The fraction of sp³-hybridized carbons (Fsp3) is 0.900. The molecule has 0 amide bonds. The van der Waals surface area contributed by atoms with E-state index in [1.165, 1.54) is 32.1 Å². The summed E-state index contributed by atoms with van der Waals surface area (Å²) in [6.07, 6.45) is 7.87. The maximum Gasteiger partial charge on any atom is 0.0836 e. The van der Waals surface area contributed by atoms with Crippen molar-refractivity contribution in [1.29, 1.82) is 0 Å². The van der Waals surface area contributed by atoms with Crippen molar-refractivity contribution in [2.45, 2.75) is 52.4 Å². The van der Waals surface area contributed by atoms with Gasteiger partial charge in [0, 0.05) is 6.61 Å². The first-order chi connectivity index (χ1) is 5.41. The number of hydrogen-bond acceptors (Lipinski definition) is 1. The molecule has 1 heteroatoms. The molecule has 0 rings (SSSR count). The van der Waals surface area contributed by atoms with Gasteiger partial charge >= 0.3 is 0 Å². The summed E-state index contributed by atoms with van der Waals surface area (Å²) >= 11 is 0. The molecule has 0 aromatic rings. The van der Waals surface area contributed by atoms with Crippen molar-refractivity contribution in [3.63, 3.8) is 0 Å². The molecular formula is C10H21O. The molecule has 1 radical (unpaired) electrons. The maximum atomic E-state index is 5.12. The molecule has 11 heavy (non-hydrogen) atoms. The van der Waals surface area contributed by atoms with Crippen molar-refractivity contribution >= 4 is 0 Å². The molecule has 0 aliphatic carbocycles. The SMILES string of the molecule is CCCCCCC[CH]OCC. The van der Waals surface area contributed by atoms with Gasteiger partial charge in [-0.15, -0.1) is 0 Å². The molecule has 67 valence electrons. The van der Waals surface area contributed by atoms with E-state index in [1.807, 2.05) is 13.5 Å². The van der Waals surface area contributed by atoms with Crippen LogP contribution in [0.4, 0.5) is 0 Å². The molecule has 0 bridgehead atoms. The highest BCUT2D eigenvalue weighted by Crippen LogP contribution is 2.06. The minimum absolute atomic E-state index is 0.814. The average Bonchev–Trinajstić information content (AvgIpc) is 2.03. The van der Waals surface area contributed by atoms with Crippen LogP contribution < -0.4 is 0 Å². The van der Waals surface area contributed by atoms with Gasteiger partial charge in [0.15, 0.2) is 0 Å². The van der Waals surface area contributed by atoms with Crippen LogP contribution in [-0.2, 0) is 4.74 Å². The van der Waals surface area contributed by atoms with Crippen LogP contribution in [0.5, 0.6) is 0 Å². The lowest BCUT2D eigenvalue weighted by Gasteiger charge is -1.99. The van der Waals surface area contributed by atoms with Crippen molar-refractivity contribution < 1.29 is 4.74 Å². The third kappa shape index (κ3) is 9.96. The third-order valence-electron chi connectivity index (χ3n) is 1.71. The van der Waals surface area contributed by atoms with Crippen LogP contribution in [-0.4, -0.2) is 6.61 Å². The van der Waals surface area contributed by atoms with Gasteiger partial charge in [0.05, 0.1) is 6.61 Å². The Labute approximate surface area is 71.1 Å². The summed E-state index contributed by atoms with van der Waals surface area (Å²) in [7, 11) is 0. The Kier molecular flexibility index (Phi) is 9.92. The molecule has 0 heterocycles. The van der Waals surface area contributed by atoms with Crippen LogP contribution >= 0.6 is 0 Å². The van der Waals surface area contributed by atoms with Gasteiger partial charge in [0.2, 0.25) is 0 Å². The first-order valence-electron chi connectivity index (χ1n) is 4.85. The summed E-state index contributed by atoms with van der Waals surface area (Å²) in [6, 6.07) is 0. The molecule has 0 aromatic carbocycles. The maximum absolute atomic E-state index is 5.12. The predicted molar refractivity (Wildman–Crippen MR) is 49.3 cm³/mol. The molecule has 0 spiro atoms. The first-order valence-corrected chi connectivity index (χ1v) is 4.85. The molecule has 0 N–H and O–H groups in total. The second-order valence-electron chi connectivity index (χ2n) is 2.82. The minimum atomic E-state index is 0.814. The van der Waals surface area contributed by atoms with Crippen LogP contribution in [0.15, 0.2) is 0 Å². The lowest BCUT2D eigenvalue weighted by atomic mass is 10.1. The van der Waals surface area contributed by atoms with Gasteiger partial charge in [-0.2, -0.15) is 0 Å². The summed E-state index contributed by atoms with van der Waals surface area (Å²) in [6.45, 7) is 7.01. The molecule has 0 atom stereocenters. The highest BCUT2D eigenvalue weighted by Gasteiger charge is 1.89. The van der Waals surface area contributed by atoms with Crippen molar-refractivity contribution in [1.82, 2.24) is 0 Å². The van der Waals surface area contributed by atoms with Crippen molar-refractivity contribution in [2.75, 3.05) is 6.61 Å². The van der Waals surface area contributed by atoms with Crippen molar-refractivity contribution in [3.05, 3.63) is 6.61 Å². The third-order valence-corrected chi connectivity index (χ3v) is 1.71. The first kappa shape index (κ1) is 11.0. The Morgan fingerprint density at radius 1 is 1.00 bits per heavy atom. The fourth-order valence-electron chi connectivity index (χ4n) is 1.03. The molecule has 0 saturated carbocycles. The van der Waals surface area contributed by atoms with E-state index in [4.69, 9.17) is 4.74 Å². The van der Waals surface area contributed by atoms with Crippen molar-refractivity contribution in [3.8, 4) is 0 Å². The zero-order valence-electron chi connectivity index (χ0n) is 7.94. The van der Waals surface area contributed by atoms with Crippen LogP contribution in [0.2, 0.25) is 0 Å². The van der Waals surface area contributed by atoms with Gasteiger partial charge in [0.1, 0.15) is 0 Å². The van der Waals surface area contributed by atoms with Crippen molar-refractivity contribution in [2.24, 2.45) is 0 Å². The monoisotopic (exact) mass is 157 g/mol. The Morgan fingerprint density at radius 3 is 2.36 bits per heavy atom. The van der Waals surface area contributed by atoms with E-state index >= 15 is 0 Å². The Balaban J connectivity index is 2.69. The summed E-state index contributed by atoms with van der Waals surface area (Å²) in [5.74, 6) is 0.